The maximum Gasteiger partial charge on any atom is 0.328 e. The number of anilines is 1. The van der Waals surface area contributed by atoms with Crippen LogP contribution in [0.25, 0.3) is 0 Å². The molecule has 1 aromatic carbocycles. The first kappa shape index (κ1) is 12.0. The van der Waals surface area contributed by atoms with Gasteiger partial charge in [-0.15, -0.1) is 0 Å². The summed E-state index contributed by atoms with van der Waals surface area (Å²) in [5.74, 6) is -0.469. The number of ether oxygens (including phenoxy) is 2. The van der Waals surface area contributed by atoms with Gasteiger partial charge in [0.05, 0.1) is 0 Å². The van der Waals surface area contributed by atoms with Crippen LogP contribution in [0.2, 0.25) is 0 Å². The minimum absolute atomic E-state index is 0.111. The molecule has 1 aromatic rings. The highest BCUT2D eigenvalue weighted by Crippen LogP contribution is 2.34. The van der Waals surface area contributed by atoms with Crippen LogP contribution in [0, 0.1) is 0 Å². The molecule has 0 aromatic heterocycles. The summed E-state index contributed by atoms with van der Waals surface area (Å²) in [6.07, 6.45) is 0.850. The van der Waals surface area contributed by atoms with Crippen molar-refractivity contribution in [3.05, 3.63) is 29.8 Å². The van der Waals surface area contributed by atoms with Crippen molar-refractivity contribution < 1.29 is 24.2 Å². The van der Waals surface area contributed by atoms with Gasteiger partial charge >= 0.3 is 5.97 Å². The summed E-state index contributed by atoms with van der Waals surface area (Å²) in [4.78, 5) is 22.1. The van der Waals surface area contributed by atoms with Crippen molar-refractivity contribution in [2.45, 2.75) is 6.92 Å². The SMILES string of the molecule is C/C(=C/C(=O)O)C(=O)Nc1ccc2c(c1)OCO2. The number of hydrogen-bond donors (Lipinski definition) is 2. The fourth-order valence-electron chi connectivity index (χ4n) is 1.45. The molecule has 0 bridgehead atoms. The summed E-state index contributed by atoms with van der Waals surface area (Å²) >= 11 is 0. The van der Waals surface area contributed by atoms with E-state index in [9.17, 15) is 9.59 Å². The number of nitrogens with one attached hydrogen (secondary N) is 1. The fourth-order valence-corrected chi connectivity index (χ4v) is 1.45. The van der Waals surface area contributed by atoms with Crippen molar-refractivity contribution in [1.29, 1.82) is 0 Å². The summed E-state index contributed by atoms with van der Waals surface area (Å²) < 4.78 is 10.3. The minimum atomic E-state index is -1.16. The molecule has 0 spiro atoms. The number of amides is 1. The number of carbonyl (C=O) groups excluding carboxylic acids is 1. The Morgan fingerprint density at radius 3 is 2.78 bits per heavy atom. The lowest BCUT2D eigenvalue weighted by Crippen LogP contribution is -2.13. The first-order valence-electron chi connectivity index (χ1n) is 5.18. The number of hydrogen-bond acceptors (Lipinski definition) is 4. The highest BCUT2D eigenvalue weighted by molar-refractivity contribution is 6.06. The van der Waals surface area contributed by atoms with E-state index in [2.05, 4.69) is 5.32 Å². The van der Waals surface area contributed by atoms with Crippen LogP contribution < -0.4 is 14.8 Å². The Balaban J connectivity index is 2.10. The smallest absolute Gasteiger partial charge is 0.328 e. The number of benzene rings is 1. The van der Waals surface area contributed by atoms with Crippen LogP contribution in [0.4, 0.5) is 5.69 Å². The molecule has 0 unspecified atom stereocenters. The van der Waals surface area contributed by atoms with Crippen LogP contribution in [0.1, 0.15) is 6.92 Å². The van der Waals surface area contributed by atoms with Gasteiger partial charge in [0, 0.05) is 23.4 Å². The molecule has 0 saturated heterocycles. The van der Waals surface area contributed by atoms with E-state index in [0.29, 0.717) is 17.2 Å². The van der Waals surface area contributed by atoms with E-state index in [1.54, 1.807) is 18.2 Å². The average molecular weight is 249 g/mol. The van der Waals surface area contributed by atoms with Gasteiger partial charge in [-0.05, 0) is 19.1 Å². The molecule has 6 heteroatoms. The van der Waals surface area contributed by atoms with E-state index in [0.717, 1.165) is 6.08 Å². The molecular formula is C12H11NO5. The molecule has 0 atom stereocenters. The van der Waals surface area contributed by atoms with Crippen molar-refractivity contribution in [2.75, 3.05) is 12.1 Å². The molecule has 1 aliphatic heterocycles. The Morgan fingerprint density at radius 2 is 2.06 bits per heavy atom. The largest absolute Gasteiger partial charge is 0.478 e. The number of carboxylic acid groups (broad SMARTS) is 1. The molecule has 6 nitrogen and oxygen atoms in total. The highest BCUT2D eigenvalue weighted by Gasteiger charge is 2.14. The second-order valence-electron chi connectivity index (χ2n) is 3.69. The number of aliphatic carboxylic acids is 1. The van der Waals surface area contributed by atoms with Gasteiger partial charge < -0.3 is 19.9 Å². The second kappa shape index (κ2) is 4.79. The van der Waals surface area contributed by atoms with Crippen LogP contribution in [-0.4, -0.2) is 23.8 Å². The maximum atomic E-state index is 11.6. The lowest BCUT2D eigenvalue weighted by Gasteiger charge is -2.05. The summed E-state index contributed by atoms with van der Waals surface area (Å²) in [6.45, 7) is 1.58. The van der Waals surface area contributed by atoms with Gasteiger partial charge in [0.25, 0.3) is 5.91 Å². The zero-order chi connectivity index (χ0) is 13.1. The van der Waals surface area contributed by atoms with Gasteiger partial charge in [0.2, 0.25) is 6.79 Å². The highest BCUT2D eigenvalue weighted by atomic mass is 16.7. The van der Waals surface area contributed by atoms with Gasteiger partial charge in [-0.3, -0.25) is 4.79 Å². The van der Waals surface area contributed by atoms with Gasteiger partial charge in [0.1, 0.15) is 0 Å². The quantitative estimate of drug-likeness (QED) is 0.790. The molecule has 0 aliphatic carbocycles. The predicted molar refractivity (Wildman–Crippen MR) is 62.6 cm³/mol. The van der Waals surface area contributed by atoms with E-state index in [4.69, 9.17) is 14.6 Å². The van der Waals surface area contributed by atoms with Crippen LogP contribution in [0.5, 0.6) is 11.5 Å². The summed E-state index contributed by atoms with van der Waals surface area (Å²) in [7, 11) is 0. The molecule has 0 saturated carbocycles. The third-order valence-corrected chi connectivity index (χ3v) is 2.33. The van der Waals surface area contributed by atoms with Crippen molar-refractivity contribution in [2.24, 2.45) is 0 Å². The number of carboxylic acids is 1. The lowest BCUT2D eigenvalue weighted by molar-refractivity contribution is -0.131. The van der Waals surface area contributed by atoms with Crippen LogP contribution >= 0.6 is 0 Å². The Kier molecular flexibility index (Phi) is 3.18. The van der Waals surface area contributed by atoms with Crippen LogP contribution in [-0.2, 0) is 9.59 Å². The standard InChI is InChI=1S/C12H11NO5/c1-7(4-11(14)15)12(16)13-8-2-3-9-10(5-8)18-6-17-9/h2-5H,6H2,1H3,(H,13,16)(H,14,15)/b7-4-. The normalized spacial score (nSPS) is 13.3. The molecule has 2 rings (SSSR count). The predicted octanol–water partition coefficient (Wildman–Crippen LogP) is 1.38. The fraction of sp³-hybridized carbons (Fsp3) is 0.167. The molecule has 94 valence electrons. The van der Waals surface area contributed by atoms with Gasteiger partial charge in [-0.1, -0.05) is 0 Å². The molecule has 0 fully saturated rings. The summed E-state index contributed by atoms with van der Waals surface area (Å²) in [6, 6.07) is 4.95. The first-order chi connectivity index (χ1) is 8.56. The van der Waals surface area contributed by atoms with Crippen LogP contribution in [0.3, 0.4) is 0 Å². The minimum Gasteiger partial charge on any atom is -0.478 e. The Bertz CT molecular complexity index is 535. The van der Waals surface area contributed by atoms with Gasteiger partial charge in [0.15, 0.2) is 11.5 Å². The third-order valence-electron chi connectivity index (χ3n) is 2.33. The van der Waals surface area contributed by atoms with Crippen molar-refractivity contribution in [3.8, 4) is 11.5 Å². The molecule has 1 amide bonds. The molecule has 1 aliphatic rings. The maximum absolute atomic E-state index is 11.6. The lowest BCUT2D eigenvalue weighted by atomic mass is 10.2. The number of carbonyl (C=O) groups is 2. The number of rotatable bonds is 3. The molecule has 18 heavy (non-hydrogen) atoms. The van der Waals surface area contributed by atoms with Crippen LogP contribution in [0.15, 0.2) is 29.8 Å². The zero-order valence-electron chi connectivity index (χ0n) is 9.60. The van der Waals surface area contributed by atoms with E-state index in [-0.39, 0.29) is 12.4 Å². The third kappa shape index (κ3) is 2.60. The molecule has 2 N–H and O–H groups in total. The van der Waals surface area contributed by atoms with Gasteiger partial charge in [-0.2, -0.15) is 0 Å². The van der Waals surface area contributed by atoms with E-state index in [1.807, 2.05) is 0 Å². The molecule has 1 heterocycles. The molecular weight excluding hydrogens is 238 g/mol. The Morgan fingerprint density at radius 1 is 1.33 bits per heavy atom. The number of fused-ring (bicyclic) bond motifs is 1. The van der Waals surface area contributed by atoms with Crippen molar-refractivity contribution >= 4 is 17.6 Å². The molecule has 0 radical (unpaired) electrons. The van der Waals surface area contributed by atoms with Crippen molar-refractivity contribution in [1.82, 2.24) is 0 Å². The van der Waals surface area contributed by atoms with E-state index < -0.39 is 11.9 Å². The topological polar surface area (TPSA) is 84.9 Å². The summed E-state index contributed by atoms with van der Waals surface area (Å²) in [5, 5.41) is 11.1. The van der Waals surface area contributed by atoms with Crippen molar-refractivity contribution in [3.63, 3.8) is 0 Å². The van der Waals surface area contributed by atoms with E-state index >= 15 is 0 Å². The average Bonchev–Trinajstić information content (AvgIpc) is 2.75. The zero-order valence-corrected chi connectivity index (χ0v) is 9.60. The summed E-state index contributed by atoms with van der Waals surface area (Å²) in [5.41, 5.74) is 0.627. The van der Waals surface area contributed by atoms with Gasteiger partial charge in [-0.25, -0.2) is 4.79 Å². The van der Waals surface area contributed by atoms with E-state index in [1.165, 1.54) is 6.92 Å². The second-order valence-corrected chi connectivity index (χ2v) is 3.69. The first-order valence-corrected chi connectivity index (χ1v) is 5.18. The monoisotopic (exact) mass is 249 g/mol. The Labute approximate surface area is 103 Å². The Hall–Kier alpha value is -2.50.